The van der Waals surface area contributed by atoms with Crippen molar-refractivity contribution in [2.45, 2.75) is 6.42 Å². The normalized spacial score (nSPS) is 15.3. The van der Waals surface area contributed by atoms with E-state index in [4.69, 9.17) is 5.11 Å². The van der Waals surface area contributed by atoms with Gasteiger partial charge in [-0.2, -0.15) is 0 Å². The minimum absolute atomic E-state index is 0.0298. The van der Waals surface area contributed by atoms with Crippen LogP contribution in [-0.2, 0) is 0 Å². The lowest BCUT2D eigenvalue weighted by Crippen LogP contribution is -2.35. The van der Waals surface area contributed by atoms with E-state index in [0.717, 1.165) is 13.0 Å². The summed E-state index contributed by atoms with van der Waals surface area (Å²) in [5.41, 5.74) is 2.16. The summed E-state index contributed by atoms with van der Waals surface area (Å²) in [5, 5.41) is 10.8. The van der Waals surface area contributed by atoms with Crippen molar-refractivity contribution in [2.24, 2.45) is 0 Å². The van der Waals surface area contributed by atoms with Crippen molar-refractivity contribution in [3.05, 3.63) is 40.5 Å². The van der Waals surface area contributed by atoms with Crippen LogP contribution in [0.5, 0.6) is 0 Å². The Labute approximate surface area is 137 Å². The van der Waals surface area contributed by atoms with Crippen LogP contribution in [0.15, 0.2) is 29.1 Å². The number of carbonyl (C=O) groups is 2. The lowest BCUT2D eigenvalue weighted by molar-refractivity contribution is 0.0689. The molecular weight excluding hydrogens is 316 g/mol. The van der Waals surface area contributed by atoms with Crippen molar-refractivity contribution >= 4 is 29.0 Å². The molecule has 1 aliphatic rings. The maximum Gasteiger partial charge on any atom is 0.354 e. The number of rotatable bonds is 3. The molecule has 8 heteroatoms. The van der Waals surface area contributed by atoms with E-state index in [9.17, 15) is 9.59 Å². The molecule has 0 atom stereocenters. The molecule has 1 N–H and O–H groups in total. The number of anilines is 1. The number of hydrogen-bond acceptors (Lipinski definition) is 6. The van der Waals surface area contributed by atoms with Gasteiger partial charge in [0.2, 0.25) is 0 Å². The van der Waals surface area contributed by atoms with Crippen LogP contribution in [-0.4, -0.2) is 58.0 Å². The number of thiazole rings is 1. The van der Waals surface area contributed by atoms with Crippen LogP contribution in [0.1, 0.15) is 27.4 Å². The molecule has 1 saturated heterocycles. The summed E-state index contributed by atoms with van der Waals surface area (Å²) in [4.78, 5) is 35.4. The van der Waals surface area contributed by atoms with E-state index in [1.165, 1.54) is 17.4 Å². The molecule has 3 heterocycles. The number of carboxylic acid groups (broad SMARTS) is 1. The highest BCUT2D eigenvalue weighted by Gasteiger charge is 2.22. The summed E-state index contributed by atoms with van der Waals surface area (Å²) in [7, 11) is 0. The van der Waals surface area contributed by atoms with E-state index >= 15 is 0 Å². The molecule has 0 radical (unpaired) electrons. The van der Waals surface area contributed by atoms with Crippen molar-refractivity contribution in [1.82, 2.24) is 14.9 Å². The standard InChI is InChI=1S/C15H16N4O3S/c20-14(12-9-23-10-16-12)19-6-2-5-18(7-8-19)13-4-1-3-11(17-13)15(21)22/h1,3-4,9-10H,2,5-8H2,(H,21,22). The number of carboxylic acids is 1. The number of carbonyl (C=O) groups excluding carboxylic acids is 1. The van der Waals surface area contributed by atoms with Gasteiger partial charge in [0.1, 0.15) is 11.5 Å². The van der Waals surface area contributed by atoms with Crippen LogP contribution in [0, 0.1) is 0 Å². The lowest BCUT2D eigenvalue weighted by atomic mass is 10.3. The molecule has 0 aromatic carbocycles. The largest absolute Gasteiger partial charge is 0.477 e. The zero-order valence-electron chi connectivity index (χ0n) is 12.4. The zero-order chi connectivity index (χ0) is 16.2. The molecular formula is C15H16N4O3S. The third-order valence-electron chi connectivity index (χ3n) is 3.71. The number of amides is 1. The topological polar surface area (TPSA) is 86.6 Å². The van der Waals surface area contributed by atoms with Gasteiger partial charge in [-0.1, -0.05) is 6.07 Å². The molecule has 0 aliphatic carbocycles. The summed E-state index contributed by atoms with van der Waals surface area (Å²) in [5.74, 6) is -0.463. The molecule has 0 spiro atoms. The van der Waals surface area contributed by atoms with Gasteiger partial charge in [0.15, 0.2) is 5.69 Å². The third kappa shape index (κ3) is 3.48. The molecule has 1 aliphatic heterocycles. The van der Waals surface area contributed by atoms with E-state index in [-0.39, 0.29) is 11.6 Å². The molecule has 120 valence electrons. The summed E-state index contributed by atoms with van der Waals surface area (Å²) >= 11 is 1.40. The van der Waals surface area contributed by atoms with Crippen LogP contribution in [0.4, 0.5) is 5.82 Å². The van der Waals surface area contributed by atoms with Gasteiger partial charge in [0.25, 0.3) is 5.91 Å². The minimum atomic E-state index is -1.04. The second kappa shape index (κ2) is 6.74. The molecule has 2 aromatic rings. The summed E-state index contributed by atoms with van der Waals surface area (Å²) in [6, 6.07) is 4.96. The Hall–Kier alpha value is -2.48. The third-order valence-corrected chi connectivity index (χ3v) is 4.30. The van der Waals surface area contributed by atoms with Gasteiger partial charge in [-0.3, -0.25) is 4.79 Å². The number of hydrogen-bond donors (Lipinski definition) is 1. The Balaban J connectivity index is 1.70. The quantitative estimate of drug-likeness (QED) is 0.918. The van der Waals surface area contributed by atoms with Crippen LogP contribution >= 0.6 is 11.3 Å². The average Bonchev–Trinajstić information content (AvgIpc) is 2.99. The monoisotopic (exact) mass is 332 g/mol. The van der Waals surface area contributed by atoms with Gasteiger partial charge < -0.3 is 14.9 Å². The average molecular weight is 332 g/mol. The van der Waals surface area contributed by atoms with Gasteiger partial charge >= 0.3 is 5.97 Å². The van der Waals surface area contributed by atoms with E-state index < -0.39 is 5.97 Å². The second-order valence-electron chi connectivity index (χ2n) is 5.19. The molecule has 23 heavy (non-hydrogen) atoms. The molecule has 1 amide bonds. The van der Waals surface area contributed by atoms with Crippen molar-refractivity contribution < 1.29 is 14.7 Å². The molecule has 0 bridgehead atoms. The van der Waals surface area contributed by atoms with E-state index in [1.54, 1.807) is 27.9 Å². The SMILES string of the molecule is O=C(O)c1cccc(N2CCCN(C(=O)c3cscn3)CC2)n1. The van der Waals surface area contributed by atoms with Gasteiger partial charge in [0, 0.05) is 31.6 Å². The predicted octanol–water partition coefficient (Wildman–Crippen LogP) is 1.59. The number of aromatic nitrogens is 2. The van der Waals surface area contributed by atoms with Crippen LogP contribution in [0.2, 0.25) is 0 Å². The molecule has 0 unspecified atom stereocenters. The highest BCUT2D eigenvalue weighted by Crippen LogP contribution is 2.16. The van der Waals surface area contributed by atoms with Crippen molar-refractivity contribution in [1.29, 1.82) is 0 Å². The summed E-state index contributed by atoms with van der Waals surface area (Å²) in [6.07, 6.45) is 0.800. The molecule has 1 fully saturated rings. The predicted molar refractivity (Wildman–Crippen MR) is 86.0 cm³/mol. The first-order valence-electron chi connectivity index (χ1n) is 7.28. The smallest absolute Gasteiger partial charge is 0.354 e. The fourth-order valence-electron chi connectivity index (χ4n) is 2.55. The van der Waals surface area contributed by atoms with Crippen molar-refractivity contribution in [3.8, 4) is 0 Å². The molecule has 7 nitrogen and oxygen atoms in total. The summed E-state index contributed by atoms with van der Waals surface area (Å²) < 4.78 is 0. The fourth-order valence-corrected chi connectivity index (χ4v) is 3.07. The number of aromatic carboxylic acids is 1. The van der Waals surface area contributed by atoms with E-state index in [0.29, 0.717) is 31.1 Å². The lowest BCUT2D eigenvalue weighted by Gasteiger charge is -2.22. The van der Waals surface area contributed by atoms with E-state index in [1.807, 2.05) is 4.90 Å². The van der Waals surface area contributed by atoms with E-state index in [2.05, 4.69) is 9.97 Å². The Morgan fingerprint density at radius 2 is 2.00 bits per heavy atom. The van der Waals surface area contributed by atoms with Gasteiger partial charge in [-0.15, -0.1) is 11.3 Å². The molecule has 0 saturated carbocycles. The van der Waals surface area contributed by atoms with Crippen LogP contribution < -0.4 is 4.90 Å². The first-order valence-corrected chi connectivity index (χ1v) is 8.22. The first kappa shape index (κ1) is 15.4. The number of pyridine rings is 1. The van der Waals surface area contributed by atoms with Crippen molar-refractivity contribution in [3.63, 3.8) is 0 Å². The van der Waals surface area contributed by atoms with Gasteiger partial charge in [-0.05, 0) is 18.6 Å². The molecule has 2 aromatic heterocycles. The zero-order valence-corrected chi connectivity index (χ0v) is 13.2. The Bertz CT molecular complexity index is 705. The van der Waals surface area contributed by atoms with Crippen LogP contribution in [0.25, 0.3) is 0 Å². The maximum atomic E-state index is 12.4. The number of nitrogens with zero attached hydrogens (tertiary/aromatic N) is 4. The Kier molecular flexibility index (Phi) is 4.52. The highest BCUT2D eigenvalue weighted by molar-refractivity contribution is 7.07. The Morgan fingerprint density at radius 1 is 1.13 bits per heavy atom. The van der Waals surface area contributed by atoms with Gasteiger partial charge in [-0.25, -0.2) is 14.8 Å². The summed E-state index contributed by atoms with van der Waals surface area (Å²) in [6.45, 7) is 2.57. The highest BCUT2D eigenvalue weighted by atomic mass is 32.1. The first-order chi connectivity index (χ1) is 11.1. The minimum Gasteiger partial charge on any atom is -0.477 e. The van der Waals surface area contributed by atoms with Gasteiger partial charge in [0.05, 0.1) is 5.51 Å². The van der Waals surface area contributed by atoms with Crippen molar-refractivity contribution in [2.75, 3.05) is 31.1 Å². The maximum absolute atomic E-state index is 12.4. The molecule has 3 rings (SSSR count). The van der Waals surface area contributed by atoms with Crippen LogP contribution in [0.3, 0.4) is 0 Å². The Morgan fingerprint density at radius 3 is 2.74 bits per heavy atom. The second-order valence-corrected chi connectivity index (χ2v) is 5.91. The fraction of sp³-hybridized carbons (Fsp3) is 0.333.